The first-order chi connectivity index (χ1) is 9.20. The number of carbonyl (C=O) groups excluding carboxylic acids is 1. The number of nitrogens with two attached hydrogens (primary N) is 1. The summed E-state index contributed by atoms with van der Waals surface area (Å²) in [5.74, 6) is -0.968. The van der Waals surface area contributed by atoms with Gasteiger partial charge in [0.05, 0.1) is 12.2 Å². The summed E-state index contributed by atoms with van der Waals surface area (Å²) in [5.41, 5.74) is 5.37. The van der Waals surface area contributed by atoms with Crippen LogP contribution in [-0.4, -0.2) is 50.7 Å². The van der Waals surface area contributed by atoms with Gasteiger partial charge < -0.3 is 10.6 Å². The van der Waals surface area contributed by atoms with Gasteiger partial charge in [-0.3, -0.25) is 4.79 Å². The Balaban J connectivity index is 3.15. The average molecular weight is 303 g/mol. The molecule has 0 radical (unpaired) electrons. The number of carbonyl (C=O) groups is 1. The molecule has 0 atom stereocenters. The number of hydrogen-bond donors (Lipinski definition) is 1. The summed E-state index contributed by atoms with van der Waals surface area (Å²) in [6, 6.07) is 3.06. The molecular weight excluding hydrogens is 285 g/mol. The molecule has 1 aromatic carbocycles. The second-order valence-corrected chi connectivity index (χ2v) is 6.31. The summed E-state index contributed by atoms with van der Waals surface area (Å²) in [7, 11) is -0.859. The van der Waals surface area contributed by atoms with E-state index in [4.69, 9.17) is 5.73 Å². The zero-order valence-corrected chi connectivity index (χ0v) is 12.4. The largest absolute Gasteiger partial charge is 0.398 e. The van der Waals surface area contributed by atoms with Crippen LogP contribution in [0.2, 0.25) is 0 Å². The minimum atomic E-state index is -3.93. The Kier molecular flexibility index (Phi) is 5.07. The molecule has 112 valence electrons. The Morgan fingerprint density at radius 3 is 2.40 bits per heavy atom. The zero-order valence-electron chi connectivity index (χ0n) is 11.6. The van der Waals surface area contributed by atoms with E-state index in [1.807, 2.05) is 0 Å². The highest BCUT2D eigenvalue weighted by molar-refractivity contribution is 7.89. The summed E-state index contributed by atoms with van der Waals surface area (Å²) in [5, 5.41) is 0. The summed E-state index contributed by atoms with van der Waals surface area (Å²) in [6.45, 7) is 1.43. The van der Waals surface area contributed by atoms with Crippen molar-refractivity contribution >= 4 is 21.6 Å². The predicted molar refractivity (Wildman–Crippen MR) is 73.9 cm³/mol. The molecule has 0 aliphatic rings. The van der Waals surface area contributed by atoms with Crippen LogP contribution in [0, 0.1) is 5.82 Å². The number of likely N-dealkylation sites (N-methyl/N-ethyl adjacent to an activating group) is 2. The van der Waals surface area contributed by atoms with E-state index >= 15 is 0 Å². The van der Waals surface area contributed by atoms with E-state index in [9.17, 15) is 17.6 Å². The first-order valence-corrected chi connectivity index (χ1v) is 7.39. The molecule has 0 spiro atoms. The van der Waals surface area contributed by atoms with Gasteiger partial charge in [-0.15, -0.1) is 0 Å². The molecule has 2 N–H and O–H groups in total. The van der Waals surface area contributed by atoms with E-state index in [0.717, 1.165) is 22.5 Å². The maximum Gasteiger partial charge on any atom is 0.245 e. The lowest BCUT2D eigenvalue weighted by atomic mass is 10.3. The number of benzene rings is 1. The van der Waals surface area contributed by atoms with Crippen molar-refractivity contribution in [3.8, 4) is 0 Å². The second-order valence-electron chi connectivity index (χ2n) is 4.40. The second kappa shape index (κ2) is 6.19. The Morgan fingerprint density at radius 2 is 1.95 bits per heavy atom. The first kappa shape index (κ1) is 16.4. The molecule has 0 heterocycles. The van der Waals surface area contributed by atoms with Crippen LogP contribution in [0.1, 0.15) is 6.92 Å². The number of rotatable bonds is 5. The van der Waals surface area contributed by atoms with Crippen molar-refractivity contribution in [3.63, 3.8) is 0 Å². The number of amides is 1. The lowest BCUT2D eigenvalue weighted by Crippen LogP contribution is -2.40. The van der Waals surface area contributed by atoms with Gasteiger partial charge in [0, 0.05) is 20.6 Å². The molecule has 0 aromatic heterocycles. The number of sulfonamides is 1. The van der Waals surface area contributed by atoms with Crippen molar-refractivity contribution in [1.82, 2.24) is 9.21 Å². The van der Waals surface area contributed by atoms with Crippen molar-refractivity contribution in [3.05, 3.63) is 24.0 Å². The van der Waals surface area contributed by atoms with Crippen LogP contribution < -0.4 is 5.73 Å². The van der Waals surface area contributed by atoms with Crippen molar-refractivity contribution in [2.45, 2.75) is 11.8 Å². The molecule has 6 nitrogen and oxygen atoms in total. The maximum absolute atomic E-state index is 13.0. The van der Waals surface area contributed by atoms with Crippen LogP contribution in [0.4, 0.5) is 10.1 Å². The van der Waals surface area contributed by atoms with Crippen LogP contribution in [0.5, 0.6) is 0 Å². The van der Waals surface area contributed by atoms with Gasteiger partial charge in [0.25, 0.3) is 0 Å². The lowest BCUT2D eigenvalue weighted by molar-refractivity contribution is -0.128. The fourth-order valence-corrected chi connectivity index (χ4v) is 3.05. The van der Waals surface area contributed by atoms with Crippen LogP contribution in [-0.2, 0) is 14.8 Å². The summed E-state index contributed by atoms with van der Waals surface area (Å²) >= 11 is 0. The van der Waals surface area contributed by atoms with Gasteiger partial charge in [-0.25, -0.2) is 12.8 Å². The Hall–Kier alpha value is -1.67. The van der Waals surface area contributed by atoms with Gasteiger partial charge in [0.1, 0.15) is 10.7 Å². The van der Waals surface area contributed by atoms with E-state index in [2.05, 4.69) is 0 Å². The Morgan fingerprint density at radius 1 is 1.35 bits per heavy atom. The van der Waals surface area contributed by atoms with Gasteiger partial charge in [0.2, 0.25) is 15.9 Å². The number of halogens is 1. The van der Waals surface area contributed by atoms with Crippen molar-refractivity contribution in [2.24, 2.45) is 0 Å². The third-order valence-corrected chi connectivity index (χ3v) is 4.75. The van der Waals surface area contributed by atoms with E-state index in [1.54, 1.807) is 6.92 Å². The highest BCUT2D eigenvalue weighted by Crippen LogP contribution is 2.23. The predicted octanol–water partition coefficient (Wildman–Crippen LogP) is 0.507. The SMILES string of the molecule is CCN(CC(=O)N(C)C)S(=O)(=O)c1ccc(F)cc1N. The van der Waals surface area contributed by atoms with Gasteiger partial charge in [-0.2, -0.15) is 4.31 Å². The third kappa shape index (κ3) is 3.45. The van der Waals surface area contributed by atoms with Crippen LogP contribution >= 0.6 is 0 Å². The number of anilines is 1. The minimum absolute atomic E-state index is 0.110. The fourth-order valence-electron chi connectivity index (χ4n) is 1.55. The van der Waals surface area contributed by atoms with Gasteiger partial charge in [0.15, 0.2) is 0 Å². The number of nitrogens with zero attached hydrogens (tertiary/aromatic N) is 2. The maximum atomic E-state index is 13.0. The topological polar surface area (TPSA) is 83.7 Å². The molecule has 0 aliphatic carbocycles. The molecule has 1 aromatic rings. The molecule has 0 saturated carbocycles. The lowest BCUT2D eigenvalue weighted by Gasteiger charge is -2.22. The quantitative estimate of drug-likeness (QED) is 0.803. The highest BCUT2D eigenvalue weighted by Gasteiger charge is 2.27. The number of nitrogen functional groups attached to an aromatic ring is 1. The molecule has 0 fully saturated rings. The van der Waals surface area contributed by atoms with E-state index < -0.39 is 15.8 Å². The van der Waals surface area contributed by atoms with Gasteiger partial charge in [-0.05, 0) is 18.2 Å². The molecule has 0 unspecified atom stereocenters. The molecule has 0 aliphatic heterocycles. The fraction of sp³-hybridized carbons (Fsp3) is 0.417. The van der Waals surface area contributed by atoms with Crippen LogP contribution in [0.3, 0.4) is 0 Å². The minimum Gasteiger partial charge on any atom is -0.398 e. The van der Waals surface area contributed by atoms with E-state index in [-0.39, 0.29) is 29.6 Å². The van der Waals surface area contributed by atoms with Crippen molar-refractivity contribution < 1.29 is 17.6 Å². The summed E-state index contributed by atoms with van der Waals surface area (Å²) in [6.07, 6.45) is 0. The van der Waals surface area contributed by atoms with Crippen molar-refractivity contribution in [1.29, 1.82) is 0 Å². The molecule has 0 saturated heterocycles. The third-order valence-electron chi connectivity index (χ3n) is 2.75. The molecule has 0 bridgehead atoms. The monoisotopic (exact) mass is 303 g/mol. The van der Waals surface area contributed by atoms with Gasteiger partial charge >= 0.3 is 0 Å². The molecule has 8 heteroatoms. The average Bonchev–Trinajstić information content (AvgIpc) is 2.34. The molecule has 1 rings (SSSR count). The van der Waals surface area contributed by atoms with Gasteiger partial charge in [-0.1, -0.05) is 6.92 Å². The Bertz CT molecular complexity index is 602. The zero-order chi connectivity index (χ0) is 15.5. The highest BCUT2D eigenvalue weighted by atomic mass is 32.2. The molecule has 20 heavy (non-hydrogen) atoms. The molecule has 1 amide bonds. The first-order valence-electron chi connectivity index (χ1n) is 5.95. The standard InChI is InChI=1S/C12H18FN3O3S/c1-4-16(8-12(17)15(2)3)20(18,19)11-6-5-9(13)7-10(11)14/h5-7H,4,8,14H2,1-3H3. The van der Waals surface area contributed by atoms with Crippen molar-refractivity contribution in [2.75, 3.05) is 32.9 Å². The van der Waals surface area contributed by atoms with E-state index in [1.165, 1.54) is 19.0 Å². The summed E-state index contributed by atoms with van der Waals surface area (Å²) < 4.78 is 38.8. The van der Waals surface area contributed by atoms with Crippen LogP contribution in [0.25, 0.3) is 0 Å². The number of hydrogen-bond acceptors (Lipinski definition) is 4. The Labute approximate surface area is 118 Å². The smallest absolute Gasteiger partial charge is 0.245 e. The van der Waals surface area contributed by atoms with E-state index in [0.29, 0.717) is 0 Å². The normalized spacial score (nSPS) is 11.7. The molecular formula is C12H18FN3O3S. The van der Waals surface area contributed by atoms with Crippen LogP contribution in [0.15, 0.2) is 23.1 Å². The summed E-state index contributed by atoms with van der Waals surface area (Å²) in [4.78, 5) is 12.8.